The lowest BCUT2D eigenvalue weighted by atomic mass is 9.45. The normalized spacial score (nSPS) is 35.3. The highest BCUT2D eigenvalue weighted by Crippen LogP contribution is 2.62. The molecule has 2 saturated carbocycles. The molecule has 2 aliphatic carbocycles. The maximum atomic E-state index is 11.7. The summed E-state index contributed by atoms with van der Waals surface area (Å²) in [5.74, 6) is 2.12. The monoisotopic (exact) mass is 440 g/mol. The number of rotatable bonds is 4. The third-order valence-electron chi connectivity index (χ3n) is 8.35. The molecule has 0 saturated heterocycles. The molecule has 0 amide bonds. The molecule has 1 aromatic carbocycles. The molecule has 0 radical (unpaired) electrons. The molecule has 1 heterocycles. The third-order valence-corrected chi connectivity index (χ3v) is 8.35. The Labute approximate surface area is 191 Å². The Morgan fingerprint density at radius 2 is 1.94 bits per heavy atom. The molecule has 174 valence electrons. The summed E-state index contributed by atoms with van der Waals surface area (Å²) < 4.78 is 17.7. The minimum atomic E-state index is -0.822. The Hall–Kier alpha value is -2.27. The molecule has 4 rings (SSSR count). The number of esters is 1. The molecular weight excluding hydrogens is 404 g/mol. The van der Waals surface area contributed by atoms with Gasteiger partial charge in [0.1, 0.15) is 23.4 Å². The zero-order chi connectivity index (χ0) is 23.3. The van der Waals surface area contributed by atoms with Gasteiger partial charge >= 0.3 is 5.97 Å². The van der Waals surface area contributed by atoms with Gasteiger partial charge in [0, 0.05) is 29.9 Å². The van der Waals surface area contributed by atoms with Crippen molar-refractivity contribution < 1.29 is 24.1 Å². The number of ether oxygens (including phenoxy) is 3. The van der Waals surface area contributed by atoms with Crippen LogP contribution in [0.4, 0.5) is 0 Å². The standard InChI is InChI=1S/C27H36O5/c1-17-7-8-19-9-10-20(15-21(19)31-17)30-16-23-26(5)13-12-24(32-18(2)28)25(3,4)22(26)11-14-27(23,6)29/h7-10,15,22-24,29H,1,11-14,16H2,2-6H3. The third kappa shape index (κ3) is 3.96. The van der Waals surface area contributed by atoms with Crippen molar-refractivity contribution in [3.05, 3.63) is 42.2 Å². The zero-order valence-electron chi connectivity index (χ0n) is 19.9. The lowest BCUT2D eigenvalue weighted by molar-refractivity contribution is -0.210. The number of hydrogen-bond donors (Lipinski definition) is 1. The van der Waals surface area contributed by atoms with Crippen LogP contribution in [0.15, 0.2) is 36.6 Å². The first-order valence-electron chi connectivity index (χ1n) is 11.6. The summed E-state index contributed by atoms with van der Waals surface area (Å²) in [6.45, 7) is 14.4. The highest BCUT2D eigenvalue weighted by molar-refractivity contribution is 5.66. The SMILES string of the molecule is C=C1C=Cc2ccc(OCC3C(C)(O)CCC4C(C)(C)C(OC(C)=O)CCC34C)cc2O1. The fourth-order valence-electron chi connectivity index (χ4n) is 6.65. The number of fused-ring (bicyclic) bond motifs is 2. The summed E-state index contributed by atoms with van der Waals surface area (Å²) in [5.41, 5.74) is -0.118. The molecule has 2 fully saturated rings. The molecule has 5 atom stereocenters. The first-order valence-corrected chi connectivity index (χ1v) is 11.6. The van der Waals surface area contributed by atoms with Crippen LogP contribution in [-0.2, 0) is 9.53 Å². The molecule has 0 spiro atoms. The first kappa shape index (κ1) is 22.9. The van der Waals surface area contributed by atoms with E-state index in [-0.39, 0.29) is 28.8 Å². The molecule has 5 heteroatoms. The fourth-order valence-corrected chi connectivity index (χ4v) is 6.65. The Kier molecular flexibility index (Phi) is 5.69. The predicted octanol–water partition coefficient (Wildman–Crippen LogP) is 5.52. The Morgan fingerprint density at radius 3 is 2.66 bits per heavy atom. The van der Waals surface area contributed by atoms with E-state index < -0.39 is 5.60 Å². The van der Waals surface area contributed by atoms with E-state index in [1.54, 1.807) is 0 Å². The van der Waals surface area contributed by atoms with Crippen molar-refractivity contribution in [2.45, 2.75) is 72.0 Å². The van der Waals surface area contributed by atoms with Gasteiger partial charge in [0.15, 0.2) is 0 Å². The second-order valence-electron chi connectivity index (χ2n) is 10.9. The Morgan fingerprint density at radius 1 is 1.19 bits per heavy atom. The van der Waals surface area contributed by atoms with Crippen LogP contribution in [0.25, 0.3) is 6.08 Å². The summed E-state index contributed by atoms with van der Waals surface area (Å²) in [6, 6.07) is 5.81. The van der Waals surface area contributed by atoms with Crippen LogP contribution in [0.1, 0.15) is 65.9 Å². The van der Waals surface area contributed by atoms with E-state index in [1.165, 1.54) is 6.92 Å². The number of aliphatic hydroxyl groups is 1. The van der Waals surface area contributed by atoms with E-state index >= 15 is 0 Å². The van der Waals surface area contributed by atoms with Crippen LogP contribution in [0.2, 0.25) is 0 Å². The second-order valence-corrected chi connectivity index (χ2v) is 10.9. The topological polar surface area (TPSA) is 65.0 Å². The Bertz CT molecular complexity index is 943. The molecule has 3 aliphatic rings. The van der Waals surface area contributed by atoms with Gasteiger partial charge in [-0.15, -0.1) is 0 Å². The van der Waals surface area contributed by atoms with Gasteiger partial charge in [0.25, 0.3) is 0 Å². The van der Waals surface area contributed by atoms with Crippen molar-refractivity contribution in [3.8, 4) is 11.5 Å². The predicted molar refractivity (Wildman–Crippen MR) is 124 cm³/mol. The van der Waals surface area contributed by atoms with E-state index in [9.17, 15) is 9.90 Å². The van der Waals surface area contributed by atoms with Gasteiger partial charge in [-0.2, -0.15) is 0 Å². The second kappa shape index (κ2) is 7.95. The summed E-state index contributed by atoms with van der Waals surface area (Å²) in [4.78, 5) is 11.7. The van der Waals surface area contributed by atoms with Gasteiger partial charge < -0.3 is 19.3 Å². The lowest BCUT2D eigenvalue weighted by Crippen LogP contribution is -2.62. The summed E-state index contributed by atoms with van der Waals surface area (Å²) in [7, 11) is 0. The summed E-state index contributed by atoms with van der Waals surface area (Å²) in [6.07, 6.45) is 7.03. The molecule has 5 nitrogen and oxygen atoms in total. The van der Waals surface area contributed by atoms with Crippen molar-refractivity contribution >= 4 is 12.0 Å². The maximum absolute atomic E-state index is 11.7. The minimum absolute atomic E-state index is 0.0434. The van der Waals surface area contributed by atoms with E-state index in [4.69, 9.17) is 14.2 Å². The lowest BCUT2D eigenvalue weighted by Gasteiger charge is -2.62. The molecule has 32 heavy (non-hydrogen) atoms. The molecule has 0 aromatic heterocycles. The van der Waals surface area contributed by atoms with Gasteiger partial charge in [-0.1, -0.05) is 27.4 Å². The fraction of sp³-hybridized carbons (Fsp3) is 0.593. The number of hydrogen-bond acceptors (Lipinski definition) is 5. The molecular formula is C27H36O5. The molecule has 1 N–H and O–H groups in total. The van der Waals surface area contributed by atoms with E-state index in [1.807, 2.05) is 37.3 Å². The smallest absolute Gasteiger partial charge is 0.302 e. The quantitative estimate of drug-likeness (QED) is 0.625. The van der Waals surface area contributed by atoms with Crippen LogP contribution in [0, 0.1) is 22.7 Å². The number of allylic oxidation sites excluding steroid dienone is 1. The van der Waals surface area contributed by atoms with Gasteiger partial charge in [0.2, 0.25) is 0 Å². The molecule has 1 aliphatic heterocycles. The average molecular weight is 441 g/mol. The van der Waals surface area contributed by atoms with Gasteiger partial charge in [-0.3, -0.25) is 4.79 Å². The first-order chi connectivity index (χ1) is 14.9. The highest BCUT2D eigenvalue weighted by atomic mass is 16.5. The molecule has 5 unspecified atom stereocenters. The number of carbonyl (C=O) groups excluding carboxylic acids is 1. The highest BCUT2D eigenvalue weighted by Gasteiger charge is 2.61. The van der Waals surface area contributed by atoms with E-state index in [0.717, 1.165) is 36.3 Å². The van der Waals surface area contributed by atoms with Gasteiger partial charge in [-0.25, -0.2) is 0 Å². The maximum Gasteiger partial charge on any atom is 0.302 e. The van der Waals surface area contributed by atoms with Crippen molar-refractivity contribution in [3.63, 3.8) is 0 Å². The van der Waals surface area contributed by atoms with Crippen LogP contribution in [0.5, 0.6) is 11.5 Å². The number of carbonyl (C=O) groups is 1. The van der Waals surface area contributed by atoms with Crippen LogP contribution >= 0.6 is 0 Å². The van der Waals surface area contributed by atoms with Crippen molar-refractivity contribution in [2.75, 3.05) is 6.61 Å². The largest absolute Gasteiger partial charge is 0.493 e. The van der Waals surface area contributed by atoms with Crippen LogP contribution in [0.3, 0.4) is 0 Å². The van der Waals surface area contributed by atoms with Crippen LogP contribution in [-0.4, -0.2) is 29.4 Å². The van der Waals surface area contributed by atoms with E-state index in [0.29, 0.717) is 24.7 Å². The van der Waals surface area contributed by atoms with Crippen molar-refractivity contribution in [1.82, 2.24) is 0 Å². The zero-order valence-corrected chi connectivity index (χ0v) is 19.9. The Balaban J connectivity index is 1.56. The van der Waals surface area contributed by atoms with E-state index in [2.05, 4.69) is 27.4 Å². The minimum Gasteiger partial charge on any atom is -0.493 e. The molecule has 0 bridgehead atoms. The summed E-state index contributed by atoms with van der Waals surface area (Å²) >= 11 is 0. The van der Waals surface area contributed by atoms with Crippen molar-refractivity contribution in [1.29, 1.82) is 0 Å². The number of benzene rings is 1. The van der Waals surface area contributed by atoms with Crippen LogP contribution < -0.4 is 9.47 Å². The van der Waals surface area contributed by atoms with Crippen molar-refractivity contribution in [2.24, 2.45) is 22.7 Å². The average Bonchev–Trinajstić information content (AvgIpc) is 2.68. The summed E-state index contributed by atoms with van der Waals surface area (Å²) in [5, 5.41) is 11.4. The van der Waals surface area contributed by atoms with Gasteiger partial charge in [-0.05, 0) is 68.2 Å². The molecule has 1 aromatic rings. The van der Waals surface area contributed by atoms with Gasteiger partial charge in [0.05, 0.1) is 12.2 Å².